The van der Waals surface area contributed by atoms with Crippen molar-refractivity contribution < 1.29 is 13.2 Å². The molecule has 2 aromatic heterocycles. The Morgan fingerprint density at radius 2 is 2.20 bits per heavy atom. The van der Waals surface area contributed by atoms with Gasteiger partial charge in [0.15, 0.2) is 0 Å². The molecule has 0 aromatic carbocycles. The quantitative estimate of drug-likeness (QED) is 0.921. The Kier molecular flexibility index (Phi) is 3.80. The zero-order valence-electron chi connectivity index (χ0n) is 11.6. The normalized spacial score (nSPS) is 13.3. The first-order valence-electron chi connectivity index (χ1n) is 6.18. The van der Waals surface area contributed by atoms with Crippen LogP contribution < -0.4 is 5.32 Å². The Bertz CT molecular complexity index is 749. The first-order chi connectivity index (χ1) is 9.24. The lowest BCUT2D eigenvalue weighted by Gasteiger charge is -2.11. The maximum atomic E-state index is 11.9. The van der Waals surface area contributed by atoms with E-state index in [4.69, 9.17) is 0 Å². The van der Waals surface area contributed by atoms with Crippen molar-refractivity contribution in [3.8, 4) is 0 Å². The number of carbonyl (C=O) groups is 1. The second-order valence-electron chi connectivity index (χ2n) is 5.05. The summed E-state index contributed by atoms with van der Waals surface area (Å²) >= 11 is 0. The molecule has 0 fully saturated rings. The van der Waals surface area contributed by atoms with Crippen LogP contribution in [-0.2, 0) is 14.6 Å². The Morgan fingerprint density at radius 1 is 1.50 bits per heavy atom. The highest BCUT2D eigenvalue weighted by molar-refractivity contribution is 7.90. The third-order valence-electron chi connectivity index (χ3n) is 2.85. The van der Waals surface area contributed by atoms with Gasteiger partial charge in [-0.15, -0.1) is 0 Å². The SMILES string of the molecule is Cc1cn2ccc(NC(=O)C(C)CS(C)(=O)=O)cc2n1. The summed E-state index contributed by atoms with van der Waals surface area (Å²) in [4.78, 5) is 16.2. The summed E-state index contributed by atoms with van der Waals surface area (Å²) in [6.45, 7) is 3.48. The van der Waals surface area contributed by atoms with Crippen molar-refractivity contribution in [2.24, 2.45) is 5.92 Å². The summed E-state index contributed by atoms with van der Waals surface area (Å²) in [5.74, 6) is -1.07. The molecule has 7 heteroatoms. The van der Waals surface area contributed by atoms with Crippen molar-refractivity contribution >= 4 is 27.1 Å². The standard InChI is InChI=1S/C13H17N3O3S/c1-9(8-20(3,18)19)13(17)15-11-4-5-16-7-10(2)14-12(16)6-11/h4-7,9H,8H2,1-3H3,(H,15,17). The molecule has 0 saturated heterocycles. The molecule has 0 aliphatic carbocycles. The minimum Gasteiger partial charge on any atom is -0.326 e. The number of imidazole rings is 1. The van der Waals surface area contributed by atoms with Crippen molar-refractivity contribution in [1.82, 2.24) is 9.38 Å². The maximum absolute atomic E-state index is 11.9. The Morgan fingerprint density at radius 3 is 2.85 bits per heavy atom. The van der Waals surface area contributed by atoms with Gasteiger partial charge in [-0.25, -0.2) is 13.4 Å². The van der Waals surface area contributed by atoms with Crippen LogP contribution in [0.3, 0.4) is 0 Å². The maximum Gasteiger partial charge on any atom is 0.228 e. The van der Waals surface area contributed by atoms with Crippen LogP contribution >= 0.6 is 0 Å². The van der Waals surface area contributed by atoms with Crippen LogP contribution in [0.5, 0.6) is 0 Å². The molecule has 1 amide bonds. The molecule has 0 aliphatic heterocycles. The third-order valence-corrected chi connectivity index (χ3v) is 3.95. The number of pyridine rings is 1. The number of hydrogen-bond acceptors (Lipinski definition) is 4. The number of carbonyl (C=O) groups excluding carboxylic acids is 1. The molecule has 2 rings (SSSR count). The lowest BCUT2D eigenvalue weighted by Crippen LogP contribution is -2.26. The number of fused-ring (bicyclic) bond motifs is 1. The first kappa shape index (κ1) is 14.5. The van der Waals surface area contributed by atoms with E-state index in [-0.39, 0.29) is 11.7 Å². The predicted molar refractivity (Wildman–Crippen MR) is 77.4 cm³/mol. The molecule has 0 bridgehead atoms. The van der Waals surface area contributed by atoms with E-state index in [0.717, 1.165) is 17.6 Å². The monoisotopic (exact) mass is 295 g/mol. The molecule has 1 N–H and O–H groups in total. The number of aryl methyl sites for hydroxylation is 1. The van der Waals surface area contributed by atoms with E-state index in [1.54, 1.807) is 25.3 Å². The van der Waals surface area contributed by atoms with Gasteiger partial charge >= 0.3 is 0 Å². The highest BCUT2D eigenvalue weighted by atomic mass is 32.2. The van der Waals surface area contributed by atoms with Crippen LogP contribution in [0.15, 0.2) is 24.5 Å². The van der Waals surface area contributed by atoms with Crippen molar-refractivity contribution in [3.05, 3.63) is 30.2 Å². The van der Waals surface area contributed by atoms with E-state index in [9.17, 15) is 13.2 Å². The highest BCUT2D eigenvalue weighted by Gasteiger charge is 2.18. The summed E-state index contributed by atoms with van der Waals surface area (Å²) in [5.41, 5.74) is 2.23. The first-order valence-corrected chi connectivity index (χ1v) is 8.24. The minimum absolute atomic E-state index is 0.163. The van der Waals surface area contributed by atoms with E-state index in [1.807, 2.05) is 17.5 Å². The fourth-order valence-electron chi connectivity index (χ4n) is 1.98. The molecular formula is C13H17N3O3S. The molecule has 0 radical (unpaired) electrons. The van der Waals surface area contributed by atoms with Crippen molar-refractivity contribution in [3.63, 3.8) is 0 Å². The molecule has 0 aliphatic rings. The summed E-state index contributed by atoms with van der Waals surface area (Å²) in [7, 11) is -3.17. The van der Waals surface area contributed by atoms with Gasteiger partial charge < -0.3 is 9.72 Å². The third kappa shape index (κ3) is 3.57. The summed E-state index contributed by atoms with van der Waals surface area (Å²) < 4.78 is 24.2. The van der Waals surface area contributed by atoms with E-state index in [0.29, 0.717) is 5.69 Å². The van der Waals surface area contributed by atoms with Crippen LogP contribution in [0.1, 0.15) is 12.6 Å². The summed E-state index contributed by atoms with van der Waals surface area (Å²) in [6, 6.07) is 3.50. The highest BCUT2D eigenvalue weighted by Crippen LogP contribution is 2.13. The van der Waals surface area contributed by atoms with Gasteiger partial charge in [-0.3, -0.25) is 4.79 Å². The minimum atomic E-state index is -3.17. The smallest absolute Gasteiger partial charge is 0.228 e. The van der Waals surface area contributed by atoms with Gasteiger partial charge in [-0.05, 0) is 13.0 Å². The number of nitrogens with zero attached hydrogens (tertiary/aromatic N) is 2. The van der Waals surface area contributed by atoms with E-state index >= 15 is 0 Å². The van der Waals surface area contributed by atoms with Crippen LogP contribution in [0.4, 0.5) is 5.69 Å². The zero-order chi connectivity index (χ0) is 14.9. The van der Waals surface area contributed by atoms with E-state index in [1.165, 1.54) is 0 Å². The van der Waals surface area contributed by atoms with Crippen LogP contribution in [0.2, 0.25) is 0 Å². The molecule has 2 aromatic rings. The number of rotatable bonds is 4. The average Bonchev–Trinajstić information content (AvgIpc) is 2.66. The second-order valence-corrected chi connectivity index (χ2v) is 7.23. The van der Waals surface area contributed by atoms with Crippen molar-refractivity contribution in [1.29, 1.82) is 0 Å². The Hall–Kier alpha value is -1.89. The molecule has 0 saturated carbocycles. The Balaban J connectivity index is 2.13. The summed E-state index contributed by atoms with van der Waals surface area (Å²) in [5, 5.41) is 2.71. The second kappa shape index (κ2) is 5.24. The van der Waals surface area contributed by atoms with Gasteiger partial charge in [-0.1, -0.05) is 6.92 Å². The molecule has 1 atom stereocenters. The van der Waals surface area contributed by atoms with Gasteiger partial charge in [0, 0.05) is 36.3 Å². The molecular weight excluding hydrogens is 278 g/mol. The number of hydrogen-bond donors (Lipinski definition) is 1. The number of aromatic nitrogens is 2. The van der Waals surface area contributed by atoms with Gasteiger partial charge in [0.25, 0.3) is 0 Å². The fraction of sp³-hybridized carbons (Fsp3) is 0.385. The molecule has 20 heavy (non-hydrogen) atoms. The molecule has 0 spiro atoms. The van der Waals surface area contributed by atoms with E-state index < -0.39 is 15.8 Å². The number of anilines is 1. The fourth-order valence-corrected chi connectivity index (χ4v) is 3.04. The lowest BCUT2D eigenvalue weighted by atomic mass is 10.2. The van der Waals surface area contributed by atoms with Gasteiger partial charge in [-0.2, -0.15) is 0 Å². The summed E-state index contributed by atoms with van der Waals surface area (Å²) in [6.07, 6.45) is 4.80. The van der Waals surface area contributed by atoms with E-state index in [2.05, 4.69) is 10.3 Å². The molecule has 2 heterocycles. The molecule has 1 unspecified atom stereocenters. The number of nitrogens with one attached hydrogen (secondary N) is 1. The van der Waals surface area contributed by atoms with Gasteiger partial charge in [0.05, 0.1) is 11.4 Å². The molecule has 108 valence electrons. The van der Waals surface area contributed by atoms with Crippen LogP contribution in [0, 0.1) is 12.8 Å². The number of amides is 1. The van der Waals surface area contributed by atoms with Crippen molar-refractivity contribution in [2.45, 2.75) is 13.8 Å². The van der Waals surface area contributed by atoms with Crippen molar-refractivity contribution in [2.75, 3.05) is 17.3 Å². The largest absolute Gasteiger partial charge is 0.326 e. The zero-order valence-corrected chi connectivity index (χ0v) is 12.4. The average molecular weight is 295 g/mol. The topological polar surface area (TPSA) is 80.5 Å². The Labute approximate surface area is 117 Å². The van der Waals surface area contributed by atoms with Gasteiger partial charge in [0.1, 0.15) is 15.5 Å². The van der Waals surface area contributed by atoms with Crippen LogP contribution in [-0.4, -0.2) is 35.7 Å². The van der Waals surface area contributed by atoms with Gasteiger partial charge in [0.2, 0.25) is 5.91 Å². The predicted octanol–water partition coefficient (Wildman–Crippen LogP) is 1.26. The number of sulfone groups is 1. The van der Waals surface area contributed by atoms with Crippen LogP contribution in [0.25, 0.3) is 5.65 Å². The lowest BCUT2D eigenvalue weighted by molar-refractivity contribution is -0.118. The molecule has 6 nitrogen and oxygen atoms in total.